The van der Waals surface area contributed by atoms with E-state index in [0.29, 0.717) is 18.6 Å². The van der Waals surface area contributed by atoms with Crippen LogP contribution >= 0.6 is 15.9 Å². The lowest BCUT2D eigenvalue weighted by Gasteiger charge is -2.42. The fourth-order valence-electron chi connectivity index (χ4n) is 3.85. The van der Waals surface area contributed by atoms with Gasteiger partial charge in [0, 0.05) is 29.1 Å². The molecule has 3 rings (SSSR count). The van der Waals surface area contributed by atoms with Crippen molar-refractivity contribution >= 4 is 15.9 Å². The van der Waals surface area contributed by atoms with Gasteiger partial charge < -0.3 is 10.8 Å². The lowest BCUT2D eigenvalue weighted by atomic mass is 9.95. The van der Waals surface area contributed by atoms with E-state index in [1.165, 1.54) is 18.4 Å². The third kappa shape index (κ3) is 2.47. The summed E-state index contributed by atoms with van der Waals surface area (Å²) in [5.74, 6) is 0. The van der Waals surface area contributed by atoms with Gasteiger partial charge in [0.2, 0.25) is 0 Å². The number of rotatable bonds is 3. The summed E-state index contributed by atoms with van der Waals surface area (Å²) in [5, 5.41) is 9.92. The highest BCUT2D eigenvalue weighted by atomic mass is 79.9. The van der Waals surface area contributed by atoms with Gasteiger partial charge >= 0.3 is 0 Å². The number of benzene rings is 1. The molecular weight excluding hydrogens is 304 g/mol. The molecule has 3 nitrogen and oxygen atoms in total. The van der Waals surface area contributed by atoms with Crippen LogP contribution in [0, 0.1) is 0 Å². The lowest BCUT2D eigenvalue weighted by molar-refractivity contribution is 0.0114. The average molecular weight is 325 g/mol. The van der Waals surface area contributed by atoms with E-state index in [1.807, 2.05) is 6.07 Å². The molecule has 19 heavy (non-hydrogen) atoms. The van der Waals surface area contributed by atoms with Crippen LogP contribution in [0.1, 0.15) is 37.3 Å². The van der Waals surface area contributed by atoms with Crippen molar-refractivity contribution in [3.05, 3.63) is 34.3 Å². The van der Waals surface area contributed by atoms with Crippen molar-refractivity contribution in [2.24, 2.45) is 5.73 Å². The SMILES string of the molecule is NCC(c1ccccc1Br)N1C2CCC1CC(O)C2. The van der Waals surface area contributed by atoms with Gasteiger partial charge in [-0.25, -0.2) is 0 Å². The third-order valence-electron chi connectivity index (χ3n) is 4.61. The largest absolute Gasteiger partial charge is 0.393 e. The number of nitrogens with two attached hydrogens (primary N) is 1. The van der Waals surface area contributed by atoms with Gasteiger partial charge in [-0.2, -0.15) is 0 Å². The molecule has 2 heterocycles. The molecule has 2 saturated heterocycles. The first-order chi connectivity index (χ1) is 9.20. The number of aliphatic hydroxyl groups is 1. The van der Waals surface area contributed by atoms with Gasteiger partial charge in [-0.15, -0.1) is 0 Å². The number of fused-ring (bicyclic) bond motifs is 2. The molecule has 104 valence electrons. The first-order valence-electron chi connectivity index (χ1n) is 7.10. The summed E-state index contributed by atoms with van der Waals surface area (Å²) >= 11 is 3.64. The van der Waals surface area contributed by atoms with Crippen molar-refractivity contribution < 1.29 is 5.11 Å². The molecule has 0 radical (unpaired) electrons. The van der Waals surface area contributed by atoms with Gasteiger partial charge in [-0.3, -0.25) is 4.90 Å². The smallest absolute Gasteiger partial charge is 0.0570 e. The number of hydrogen-bond acceptors (Lipinski definition) is 3. The van der Waals surface area contributed by atoms with Crippen molar-refractivity contribution in [2.75, 3.05) is 6.54 Å². The molecule has 3 unspecified atom stereocenters. The fraction of sp³-hybridized carbons (Fsp3) is 0.600. The molecule has 0 amide bonds. The van der Waals surface area contributed by atoms with E-state index in [0.717, 1.165) is 17.3 Å². The quantitative estimate of drug-likeness (QED) is 0.897. The molecule has 3 atom stereocenters. The molecule has 0 aliphatic carbocycles. The first-order valence-corrected chi connectivity index (χ1v) is 7.90. The van der Waals surface area contributed by atoms with Crippen molar-refractivity contribution in [3.63, 3.8) is 0 Å². The molecule has 4 heteroatoms. The Morgan fingerprint density at radius 2 is 1.89 bits per heavy atom. The Hall–Kier alpha value is -0.420. The van der Waals surface area contributed by atoms with Crippen LogP contribution in [0.3, 0.4) is 0 Å². The van der Waals surface area contributed by atoms with Crippen LogP contribution < -0.4 is 5.73 Å². The Morgan fingerprint density at radius 1 is 1.26 bits per heavy atom. The summed E-state index contributed by atoms with van der Waals surface area (Å²) in [7, 11) is 0. The van der Waals surface area contributed by atoms with Crippen molar-refractivity contribution in [3.8, 4) is 0 Å². The zero-order valence-electron chi connectivity index (χ0n) is 11.0. The Morgan fingerprint density at radius 3 is 2.47 bits per heavy atom. The van der Waals surface area contributed by atoms with Crippen molar-refractivity contribution in [1.29, 1.82) is 0 Å². The fourth-order valence-corrected chi connectivity index (χ4v) is 4.40. The highest BCUT2D eigenvalue weighted by Crippen LogP contribution is 2.42. The van der Waals surface area contributed by atoms with E-state index in [1.54, 1.807) is 0 Å². The molecule has 2 fully saturated rings. The maximum atomic E-state index is 9.92. The molecule has 0 saturated carbocycles. The average Bonchev–Trinajstić information content (AvgIpc) is 2.66. The molecular formula is C15H21BrN2O. The highest BCUT2D eigenvalue weighted by Gasteiger charge is 2.43. The van der Waals surface area contributed by atoms with E-state index in [9.17, 15) is 5.11 Å². The van der Waals surface area contributed by atoms with Crippen LogP contribution in [0.5, 0.6) is 0 Å². The zero-order chi connectivity index (χ0) is 13.4. The Bertz CT molecular complexity index is 440. The van der Waals surface area contributed by atoms with E-state index < -0.39 is 0 Å². The summed E-state index contributed by atoms with van der Waals surface area (Å²) < 4.78 is 1.14. The summed E-state index contributed by atoms with van der Waals surface area (Å²) in [4.78, 5) is 2.56. The van der Waals surface area contributed by atoms with E-state index in [2.05, 4.69) is 39.0 Å². The monoisotopic (exact) mass is 324 g/mol. The van der Waals surface area contributed by atoms with Gasteiger partial charge in [0.25, 0.3) is 0 Å². The number of nitrogens with zero attached hydrogens (tertiary/aromatic N) is 1. The van der Waals surface area contributed by atoms with E-state index >= 15 is 0 Å². The summed E-state index contributed by atoms with van der Waals surface area (Å²) in [6.45, 7) is 0.631. The van der Waals surface area contributed by atoms with Crippen LogP contribution in [0.4, 0.5) is 0 Å². The number of aliphatic hydroxyl groups excluding tert-OH is 1. The summed E-state index contributed by atoms with van der Waals surface area (Å²) in [5.41, 5.74) is 7.34. The predicted molar refractivity (Wildman–Crippen MR) is 79.8 cm³/mol. The maximum Gasteiger partial charge on any atom is 0.0570 e. The lowest BCUT2D eigenvalue weighted by Crippen LogP contribution is -2.48. The summed E-state index contributed by atoms with van der Waals surface area (Å²) in [6, 6.07) is 9.61. The second kappa shape index (κ2) is 5.52. The molecule has 1 aromatic carbocycles. The van der Waals surface area contributed by atoms with Gasteiger partial charge in [0.05, 0.1) is 6.10 Å². The van der Waals surface area contributed by atoms with E-state index in [4.69, 9.17) is 5.73 Å². The highest BCUT2D eigenvalue weighted by molar-refractivity contribution is 9.10. The molecule has 0 aromatic heterocycles. The van der Waals surface area contributed by atoms with Gasteiger partial charge in [-0.1, -0.05) is 34.1 Å². The third-order valence-corrected chi connectivity index (χ3v) is 5.33. The van der Waals surface area contributed by atoms with Gasteiger partial charge in [0.1, 0.15) is 0 Å². The summed E-state index contributed by atoms with van der Waals surface area (Å²) in [6.07, 6.45) is 4.08. The standard InChI is InChI=1S/C15H21BrN2O/c16-14-4-2-1-3-13(14)15(9-17)18-10-5-6-11(18)8-12(19)7-10/h1-4,10-12,15,19H,5-9,17H2. The first kappa shape index (κ1) is 13.6. The molecule has 2 aliphatic heterocycles. The maximum absolute atomic E-state index is 9.92. The van der Waals surface area contributed by atoms with Crippen LogP contribution in [-0.2, 0) is 0 Å². The van der Waals surface area contributed by atoms with Gasteiger partial charge in [0.15, 0.2) is 0 Å². The minimum atomic E-state index is -0.119. The van der Waals surface area contributed by atoms with Gasteiger partial charge in [-0.05, 0) is 37.3 Å². The Balaban J connectivity index is 1.90. The Labute approximate surface area is 122 Å². The zero-order valence-corrected chi connectivity index (χ0v) is 12.6. The number of hydrogen-bond donors (Lipinski definition) is 2. The van der Waals surface area contributed by atoms with Crippen LogP contribution in [-0.4, -0.2) is 34.7 Å². The second-order valence-electron chi connectivity index (χ2n) is 5.73. The molecule has 0 spiro atoms. The number of piperidine rings is 1. The normalized spacial score (nSPS) is 32.5. The minimum absolute atomic E-state index is 0.119. The van der Waals surface area contributed by atoms with Crippen LogP contribution in [0.15, 0.2) is 28.7 Å². The molecule has 2 bridgehead atoms. The second-order valence-corrected chi connectivity index (χ2v) is 6.58. The van der Waals surface area contributed by atoms with Crippen LogP contribution in [0.2, 0.25) is 0 Å². The van der Waals surface area contributed by atoms with Crippen molar-refractivity contribution in [2.45, 2.75) is 49.9 Å². The Kier molecular flexibility index (Phi) is 3.94. The topological polar surface area (TPSA) is 49.5 Å². The van der Waals surface area contributed by atoms with E-state index in [-0.39, 0.29) is 12.1 Å². The molecule has 1 aromatic rings. The number of halogens is 1. The predicted octanol–water partition coefficient (Wildman–Crippen LogP) is 2.44. The van der Waals surface area contributed by atoms with Crippen molar-refractivity contribution in [1.82, 2.24) is 4.90 Å². The molecule has 3 N–H and O–H groups in total. The molecule has 2 aliphatic rings. The minimum Gasteiger partial charge on any atom is -0.393 e. The van der Waals surface area contributed by atoms with Crippen LogP contribution in [0.25, 0.3) is 0 Å².